The minimum atomic E-state index is -5.77. The van der Waals surface area contributed by atoms with Gasteiger partial charge in [-0.25, -0.2) is 0 Å². The van der Waals surface area contributed by atoms with Crippen molar-refractivity contribution in [1.82, 2.24) is 15.8 Å². The number of rotatable bonds is 7. The zero-order valence-corrected chi connectivity index (χ0v) is 21.7. The predicted octanol–water partition coefficient (Wildman–Crippen LogP) is 2.65. The van der Waals surface area contributed by atoms with Crippen LogP contribution in [0.25, 0.3) is 0 Å². The highest BCUT2D eigenvalue weighted by molar-refractivity contribution is 6.05. The normalized spacial score (nSPS) is 11.0. The second-order valence-corrected chi connectivity index (χ2v) is 8.28. The summed E-state index contributed by atoms with van der Waals surface area (Å²) in [5.41, 5.74) is 0.967. The third kappa shape index (κ3) is 8.09. The van der Waals surface area contributed by atoms with E-state index in [1.807, 2.05) is 11.5 Å². The molecule has 230 valence electrons. The van der Waals surface area contributed by atoms with E-state index in [9.17, 15) is 50.3 Å². The molecule has 0 atom stereocenters. The number of amides is 3. The Balaban J connectivity index is 0.000000639. The summed E-state index contributed by atoms with van der Waals surface area (Å²) in [4.78, 5) is 58.3. The third-order valence-corrected chi connectivity index (χ3v) is 5.39. The van der Waals surface area contributed by atoms with Crippen LogP contribution in [0.1, 0.15) is 43.1 Å². The van der Waals surface area contributed by atoms with Crippen LogP contribution < -0.4 is 16.6 Å². The van der Waals surface area contributed by atoms with Crippen molar-refractivity contribution >= 4 is 30.2 Å². The SMILES string of the molecule is NC(=O)c1ccccc1.O=CNNC(=O)c1cc(C#Cc2ccc(C(C(=O)O)(C(=O)O)C(F)(F)F)nc2)cc(C(F)(F)F)c1. The van der Waals surface area contributed by atoms with Gasteiger partial charge in [-0.3, -0.25) is 39.8 Å². The molecule has 44 heavy (non-hydrogen) atoms. The standard InChI is InChI=1S/C20H11F6N3O6.C7H7NO/c21-19(22,23)13-6-11(5-12(7-13)15(31)29-28-9-30)2-1-10-3-4-14(27-8-10)18(16(32)33,17(34)35)20(24,25)26;8-7(9)6-4-2-1-3-5-6/h3-9H,(H,28,30)(H,29,31)(H,32,33)(H,34,35);1-5H,(H2,8,9). The lowest BCUT2D eigenvalue weighted by Gasteiger charge is -2.26. The van der Waals surface area contributed by atoms with Crippen LogP contribution in [0.2, 0.25) is 0 Å². The second kappa shape index (κ2) is 13.8. The van der Waals surface area contributed by atoms with Gasteiger partial charge in [0.25, 0.3) is 11.3 Å². The molecule has 0 radical (unpaired) electrons. The van der Waals surface area contributed by atoms with Crippen LogP contribution in [0.4, 0.5) is 26.3 Å². The van der Waals surface area contributed by atoms with Gasteiger partial charge in [-0.2, -0.15) is 26.3 Å². The fourth-order valence-corrected chi connectivity index (χ4v) is 3.30. The summed E-state index contributed by atoms with van der Waals surface area (Å²) >= 11 is 0. The Morgan fingerprint density at radius 1 is 0.818 bits per heavy atom. The number of aromatic nitrogens is 1. The summed E-state index contributed by atoms with van der Waals surface area (Å²) < 4.78 is 79.6. The van der Waals surface area contributed by atoms with E-state index in [4.69, 9.17) is 15.9 Å². The summed E-state index contributed by atoms with van der Waals surface area (Å²) in [5.74, 6) is -2.45. The van der Waals surface area contributed by atoms with E-state index < -0.39 is 52.4 Å². The molecule has 0 aliphatic heterocycles. The Morgan fingerprint density at radius 3 is 1.84 bits per heavy atom. The van der Waals surface area contributed by atoms with Gasteiger partial charge in [0.1, 0.15) is 0 Å². The molecule has 3 aromatic rings. The lowest BCUT2D eigenvalue weighted by molar-refractivity contribution is -0.214. The topological polar surface area (TPSA) is 189 Å². The molecule has 1 heterocycles. The fraction of sp³-hybridized carbons (Fsp3) is 0.111. The van der Waals surface area contributed by atoms with Crippen LogP contribution in [0.15, 0.2) is 66.9 Å². The number of halogens is 6. The summed E-state index contributed by atoms with van der Waals surface area (Å²) in [5, 5.41) is 18.0. The number of carbonyl (C=O) groups is 5. The van der Waals surface area contributed by atoms with Crippen LogP contribution >= 0.6 is 0 Å². The predicted molar refractivity (Wildman–Crippen MR) is 136 cm³/mol. The number of carboxylic acid groups (broad SMARTS) is 2. The monoisotopic (exact) mass is 624 g/mol. The molecule has 3 rings (SSSR count). The second-order valence-electron chi connectivity index (χ2n) is 8.28. The molecule has 0 unspecified atom stereocenters. The summed E-state index contributed by atoms with van der Waals surface area (Å²) in [6.07, 6.45) is -9.99. The molecular formula is C27H18F6N4O7. The first-order valence-electron chi connectivity index (χ1n) is 11.5. The van der Waals surface area contributed by atoms with Gasteiger partial charge in [-0.05, 0) is 42.5 Å². The van der Waals surface area contributed by atoms with E-state index >= 15 is 0 Å². The number of benzene rings is 2. The van der Waals surface area contributed by atoms with E-state index in [2.05, 4.69) is 16.8 Å². The molecule has 0 aliphatic rings. The van der Waals surface area contributed by atoms with Gasteiger partial charge in [-0.15, -0.1) is 0 Å². The van der Waals surface area contributed by atoms with Gasteiger partial charge >= 0.3 is 24.3 Å². The number of aliphatic carboxylic acids is 2. The van der Waals surface area contributed by atoms with E-state index in [1.54, 1.807) is 29.7 Å². The van der Waals surface area contributed by atoms with E-state index in [1.165, 1.54) is 0 Å². The molecule has 0 saturated carbocycles. The molecule has 2 aromatic carbocycles. The number of alkyl halides is 6. The molecule has 0 fully saturated rings. The molecule has 0 aliphatic carbocycles. The average molecular weight is 624 g/mol. The molecule has 0 spiro atoms. The quantitative estimate of drug-likeness (QED) is 0.0872. The van der Waals surface area contributed by atoms with Crippen molar-refractivity contribution in [3.05, 3.63) is 100 Å². The lowest BCUT2D eigenvalue weighted by Crippen LogP contribution is -2.55. The molecule has 1 aromatic heterocycles. The van der Waals surface area contributed by atoms with E-state index in [0.717, 1.165) is 12.1 Å². The molecule has 0 saturated heterocycles. The molecule has 11 nitrogen and oxygen atoms in total. The van der Waals surface area contributed by atoms with Crippen LogP contribution in [-0.4, -0.2) is 51.5 Å². The molecular weight excluding hydrogens is 606 g/mol. The van der Waals surface area contributed by atoms with Crippen LogP contribution in [0, 0.1) is 11.8 Å². The van der Waals surface area contributed by atoms with Crippen molar-refractivity contribution in [1.29, 1.82) is 0 Å². The zero-order chi connectivity index (χ0) is 33.3. The number of hydrazine groups is 1. The lowest BCUT2D eigenvalue weighted by atomic mass is 9.83. The largest absolute Gasteiger partial charge is 0.480 e. The number of hydrogen-bond acceptors (Lipinski definition) is 6. The number of carbonyl (C=O) groups excluding carboxylic acids is 3. The minimum Gasteiger partial charge on any atom is -0.480 e. The maximum absolute atomic E-state index is 13.4. The smallest absolute Gasteiger partial charge is 0.421 e. The molecule has 6 N–H and O–H groups in total. The first kappa shape index (κ1) is 34.3. The Kier molecular flexibility index (Phi) is 10.8. The Morgan fingerprint density at radius 2 is 1.41 bits per heavy atom. The first-order valence-corrected chi connectivity index (χ1v) is 11.5. The van der Waals surface area contributed by atoms with Crippen LogP contribution in [0.3, 0.4) is 0 Å². The fourth-order valence-electron chi connectivity index (χ4n) is 3.30. The highest BCUT2D eigenvalue weighted by atomic mass is 19.4. The number of primary amides is 1. The Bertz CT molecular complexity index is 1600. The average Bonchev–Trinajstić information content (AvgIpc) is 2.94. The van der Waals surface area contributed by atoms with Crippen LogP contribution in [0.5, 0.6) is 0 Å². The Labute approximate surface area is 242 Å². The number of nitrogens with zero attached hydrogens (tertiary/aromatic N) is 1. The van der Waals surface area contributed by atoms with E-state index in [0.29, 0.717) is 30.0 Å². The number of nitrogens with two attached hydrogens (primary N) is 1. The number of hydrogen-bond donors (Lipinski definition) is 5. The third-order valence-electron chi connectivity index (χ3n) is 5.39. The van der Waals surface area contributed by atoms with Crippen molar-refractivity contribution < 1.29 is 60.5 Å². The van der Waals surface area contributed by atoms with Crippen molar-refractivity contribution in [3.8, 4) is 11.8 Å². The first-order chi connectivity index (χ1) is 20.4. The van der Waals surface area contributed by atoms with Gasteiger partial charge in [0.05, 0.1) is 11.3 Å². The summed E-state index contributed by atoms with van der Waals surface area (Å²) in [6, 6.07) is 12.0. The minimum absolute atomic E-state index is 0.0606. The van der Waals surface area contributed by atoms with Crippen molar-refractivity contribution in [2.75, 3.05) is 0 Å². The van der Waals surface area contributed by atoms with E-state index in [-0.39, 0.29) is 23.4 Å². The van der Waals surface area contributed by atoms with Crippen molar-refractivity contribution in [2.24, 2.45) is 5.73 Å². The van der Waals surface area contributed by atoms with Gasteiger partial charge in [0, 0.05) is 28.5 Å². The Hall–Kier alpha value is -5.92. The van der Waals surface area contributed by atoms with Crippen LogP contribution in [-0.2, 0) is 26.0 Å². The van der Waals surface area contributed by atoms with Crippen molar-refractivity contribution in [3.63, 3.8) is 0 Å². The highest BCUT2D eigenvalue weighted by Crippen LogP contribution is 2.41. The molecule has 17 heteroatoms. The zero-order valence-electron chi connectivity index (χ0n) is 21.7. The maximum atomic E-state index is 13.4. The van der Waals surface area contributed by atoms with Crippen molar-refractivity contribution in [2.45, 2.75) is 17.8 Å². The number of pyridine rings is 1. The molecule has 3 amide bonds. The van der Waals surface area contributed by atoms with Gasteiger partial charge < -0.3 is 15.9 Å². The summed E-state index contributed by atoms with van der Waals surface area (Å²) in [7, 11) is 0. The maximum Gasteiger partial charge on any atom is 0.421 e. The highest BCUT2D eigenvalue weighted by Gasteiger charge is 2.69. The van der Waals surface area contributed by atoms with Gasteiger partial charge in [0.2, 0.25) is 12.3 Å². The van der Waals surface area contributed by atoms with Gasteiger partial charge in [0.15, 0.2) is 0 Å². The number of carboxylic acids is 2. The number of nitrogens with one attached hydrogen (secondary N) is 2. The van der Waals surface area contributed by atoms with Gasteiger partial charge in [-0.1, -0.05) is 30.0 Å². The molecule has 0 bridgehead atoms. The summed E-state index contributed by atoms with van der Waals surface area (Å²) in [6.45, 7) is 0.